The highest BCUT2D eigenvalue weighted by Gasteiger charge is 2.30. The molecule has 6 heteroatoms. The zero-order chi connectivity index (χ0) is 17.2. The zero-order valence-electron chi connectivity index (χ0n) is 15.2. The quantitative estimate of drug-likeness (QED) is 0.894. The van der Waals surface area contributed by atoms with Crippen LogP contribution in [0, 0.1) is 13.8 Å². The van der Waals surface area contributed by atoms with Gasteiger partial charge in [-0.05, 0) is 53.9 Å². The van der Waals surface area contributed by atoms with Gasteiger partial charge in [0, 0.05) is 36.9 Å². The highest BCUT2D eigenvalue weighted by atomic mass is 16.6. The van der Waals surface area contributed by atoms with E-state index in [1.807, 2.05) is 39.4 Å². The lowest BCUT2D eigenvalue weighted by molar-refractivity contribution is 0.0498. The van der Waals surface area contributed by atoms with Crippen molar-refractivity contribution >= 4 is 6.09 Å². The van der Waals surface area contributed by atoms with E-state index in [-0.39, 0.29) is 18.2 Å². The number of aromatic nitrogens is 2. The van der Waals surface area contributed by atoms with E-state index < -0.39 is 5.60 Å². The van der Waals surface area contributed by atoms with Gasteiger partial charge in [-0.15, -0.1) is 0 Å². The van der Waals surface area contributed by atoms with Crippen LogP contribution >= 0.6 is 0 Å². The monoisotopic (exact) mass is 322 g/mol. The lowest BCUT2D eigenvalue weighted by Gasteiger charge is -2.25. The van der Waals surface area contributed by atoms with Crippen molar-refractivity contribution in [3.05, 3.63) is 17.0 Å². The highest BCUT2D eigenvalue weighted by Crippen LogP contribution is 2.21. The van der Waals surface area contributed by atoms with E-state index in [2.05, 4.69) is 22.7 Å². The van der Waals surface area contributed by atoms with E-state index in [9.17, 15) is 4.79 Å². The minimum atomic E-state index is -0.463. The van der Waals surface area contributed by atoms with Crippen LogP contribution in [0.1, 0.15) is 57.0 Å². The fraction of sp³-hybridized carbons (Fsp3) is 0.765. The van der Waals surface area contributed by atoms with Gasteiger partial charge in [-0.1, -0.05) is 0 Å². The summed E-state index contributed by atoms with van der Waals surface area (Å²) in [6, 6.07) is 0.406. The van der Waals surface area contributed by atoms with Crippen LogP contribution in [0.2, 0.25) is 0 Å². The molecule has 2 rings (SSSR count). The number of hydrogen-bond donors (Lipinski definition) is 2. The van der Waals surface area contributed by atoms with Gasteiger partial charge in [-0.2, -0.15) is 5.10 Å². The van der Waals surface area contributed by atoms with Crippen LogP contribution in [-0.4, -0.2) is 33.6 Å². The fourth-order valence-corrected chi connectivity index (χ4v) is 3.14. The minimum Gasteiger partial charge on any atom is -0.444 e. The Morgan fingerprint density at radius 3 is 2.52 bits per heavy atom. The van der Waals surface area contributed by atoms with Crippen molar-refractivity contribution in [1.82, 2.24) is 20.4 Å². The van der Waals surface area contributed by atoms with Gasteiger partial charge in [0.05, 0.1) is 5.69 Å². The molecule has 1 amide bonds. The molecule has 1 aliphatic rings. The molecule has 0 aromatic carbocycles. The van der Waals surface area contributed by atoms with Crippen molar-refractivity contribution in [3.8, 4) is 0 Å². The molecule has 0 radical (unpaired) electrons. The van der Waals surface area contributed by atoms with Crippen LogP contribution in [0.5, 0.6) is 0 Å². The number of hydrogen-bond acceptors (Lipinski definition) is 4. The van der Waals surface area contributed by atoms with Crippen LogP contribution in [-0.2, 0) is 18.3 Å². The van der Waals surface area contributed by atoms with Crippen LogP contribution in [0.3, 0.4) is 0 Å². The highest BCUT2D eigenvalue weighted by molar-refractivity contribution is 5.68. The van der Waals surface area contributed by atoms with Crippen molar-refractivity contribution < 1.29 is 9.53 Å². The molecule has 6 nitrogen and oxygen atoms in total. The first kappa shape index (κ1) is 17.8. The Balaban J connectivity index is 1.90. The molecule has 2 atom stereocenters. The van der Waals surface area contributed by atoms with Gasteiger partial charge >= 0.3 is 6.09 Å². The summed E-state index contributed by atoms with van der Waals surface area (Å²) in [5.74, 6) is 0. The molecule has 1 aromatic rings. The predicted molar refractivity (Wildman–Crippen MR) is 90.3 cm³/mol. The normalized spacial score (nSPS) is 21.5. The molecule has 1 aromatic heterocycles. The molecule has 0 aliphatic heterocycles. The summed E-state index contributed by atoms with van der Waals surface area (Å²) in [4.78, 5) is 12.0. The number of rotatable bonds is 4. The van der Waals surface area contributed by atoms with E-state index in [0.29, 0.717) is 0 Å². The molecular weight excluding hydrogens is 292 g/mol. The van der Waals surface area contributed by atoms with Gasteiger partial charge in [0.1, 0.15) is 5.60 Å². The molecular formula is C17H30N4O2. The van der Waals surface area contributed by atoms with Crippen molar-refractivity contribution in [2.75, 3.05) is 0 Å². The average molecular weight is 322 g/mol. The molecule has 130 valence electrons. The standard InChI is InChI=1S/C17H30N4O2/c1-11-13(12(2)21(6)20-11)10-18-14-8-7-9-15(14)19-16(22)23-17(3,4)5/h14-15,18H,7-10H2,1-6H3,(H,19,22). The summed E-state index contributed by atoms with van der Waals surface area (Å²) in [7, 11) is 1.97. The SMILES string of the molecule is Cc1nn(C)c(C)c1CNC1CCCC1NC(=O)OC(C)(C)C. The first-order valence-corrected chi connectivity index (χ1v) is 8.39. The second kappa shape index (κ2) is 6.91. The van der Waals surface area contributed by atoms with Crippen molar-refractivity contribution in [3.63, 3.8) is 0 Å². The number of ether oxygens (including phenoxy) is 1. The van der Waals surface area contributed by atoms with Crippen LogP contribution in [0.25, 0.3) is 0 Å². The maximum Gasteiger partial charge on any atom is 0.407 e. The summed E-state index contributed by atoms with van der Waals surface area (Å²) in [5, 5.41) is 11.0. The van der Waals surface area contributed by atoms with Gasteiger partial charge < -0.3 is 15.4 Å². The molecule has 1 aliphatic carbocycles. The summed E-state index contributed by atoms with van der Waals surface area (Å²) in [5.41, 5.74) is 3.03. The number of carbonyl (C=O) groups is 1. The molecule has 23 heavy (non-hydrogen) atoms. The molecule has 0 spiro atoms. The van der Waals surface area contributed by atoms with Gasteiger partial charge in [0.25, 0.3) is 0 Å². The van der Waals surface area contributed by atoms with Gasteiger partial charge in [0.15, 0.2) is 0 Å². The maximum atomic E-state index is 12.0. The van der Waals surface area contributed by atoms with Gasteiger partial charge in [-0.3, -0.25) is 4.68 Å². The number of nitrogens with one attached hydrogen (secondary N) is 2. The van der Waals surface area contributed by atoms with Gasteiger partial charge in [-0.25, -0.2) is 4.79 Å². The van der Waals surface area contributed by atoms with E-state index in [1.54, 1.807) is 0 Å². The third-order valence-corrected chi connectivity index (χ3v) is 4.42. The molecule has 0 bridgehead atoms. The Morgan fingerprint density at radius 2 is 1.96 bits per heavy atom. The lowest BCUT2D eigenvalue weighted by Crippen LogP contribution is -2.47. The first-order chi connectivity index (χ1) is 10.7. The maximum absolute atomic E-state index is 12.0. The number of carbonyl (C=O) groups excluding carboxylic acids is 1. The summed E-state index contributed by atoms with van der Waals surface area (Å²) >= 11 is 0. The number of amides is 1. The van der Waals surface area contributed by atoms with Crippen molar-refractivity contribution in [1.29, 1.82) is 0 Å². The zero-order valence-corrected chi connectivity index (χ0v) is 15.2. The average Bonchev–Trinajstić information content (AvgIpc) is 2.92. The number of nitrogens with zero attached hydrogens (tertiary/aromatic N) is 2. The number of alkyl carbamates (subject to hydrolysis) is 1. The van der Waals surface area contributed by atoms with Crippen LogP contribution in [0.15, 0.2) is 0 Å². The molecule has 2 unspecified atom stereocenters. The molecule has 1 heterocycles. The Morgan fingerprint density at radius 1 is 1.30 bits per heavy atom. The third-order valence-electron chi connectivity index (χ3n) is 4.42. The Labute approximate surface area is 139 Å². The summed E-state index contributed by atoms with van der Waals surface area (Å²) < 4.78 is 7.28. The summed E-state index contributed by atoms with van der Waals surface area (Å²) in [6.07, 6.45) is 2.84. The smallest absolute Gasteiger partial charge is 0.407 e. The molecule has 1 fully saturated rings. The third kappa shape index (κ3) is 4.70. The molecule has 2 N–H and O–H groups in total. The van der Waals surface area contributed by atoms with Crippen LogP contribution < -0.4 is 10.6 Å². The minimum absolute atomic E-state index is 0.127. The second-order valence-corrected chi connectivity index (χ2v) is 7.44. The Kier molecular flexibility index (Phi) is 5.34. The topological polar surface area (TPSA) is 68.2 Å². The molecule has 1 saturated carbocycles. The van der Waals surface area contributed by atoms with Crippen molar-refractivity contribution in [2.45, 2.75) is 78.1 Å². The predicted octanol–water partition coefficient (Wildman–Crippen LogP) is 2.57. The first-order valence-electron chi connectivity index (χ1n) is 8.39. The van der Waals surface area contributed by atoms with Gasteiger partial charge in [0.2, 0.25) is 0 Å². The second-order valence-electron chi connectivity index (χ2n) is 7.44. The van der Waals surface area contributed by atoms with E-state index >= 15 is 0 Å². The molecule has 0 saturated heterocycles. The van der Waals surface area contributed by atoms with E-state index in [4.69, 9.17) is 4.74 Å². The lowest BCUT2D eigenvalue weighted by atomic mass is 10.1. The Hall–Kier alpha value is -1.56. The fourth-order valence-electron chi connectivity index (χ4n) is 3.14. The summed E-state index contributed by atoms with van der Waals surface area (Å²) in [6.45, 7) is 10.5. The number of aryl methyl sites for hydroxylation is 2. The van der Waals surface area contributed by atoms with Crippen molar-refractivity contribution in [2.24, 2.45) is 7.05 Å². The van der Waals surface area contributed by atoms with E-state index in [1.165, 1.54) is 11.3 Å². The largest absolute Gasteiger partial charge is 0.444 e. The Bertz CT molecular complexity index is 560. The van der Waals surface area contributed by atoms with Crippen LogP contribution in [0.4, 0.5) is 4.79 Å². The van der Waals surface area contributed by atoms with E-state index in [0.717, 1.165) is 31.5 Å².